The van der Waals surface area contributed by atoms with Gasteiger partial charge in [0.2, 0.25) is 5.88 Å². The number of aromatic hydroxyl groups is 1. The number of para-hydroxylation sites is 2. The van der Waals surface area contributed by atoms with Crippen LogP contribution in [0.5, 0.6) is 17.4 Å². The van der Waals surface area contributed by atoms with Crippen molar-refractivity contribution in [1.82, 2.24) is 14.5 Å². The van der Waals surface area contributed by atoms with E-state index in [1.165, 1.54) is 0 Å². The summed E-state index contributed by atoms with van der Waals surface area (Å²) in [5, 5.41) is 13.7. The molecule has 10 rings (SSSR count). The van der Waals surface area contributed by atoms with Gasteiger partial charge in [-0.1, -0.05) is 115 Å². The molecule has 256 valence electrons. The van der Waals surface area contributed by atoms with Crippen LogP contribution in [0.4, 0.5) is 0 Å². The van der Waals surface area contributed by atoms with Gasteiger partial charge < -0.3 is 14.3 Å². The Kier molecular flexibility index (Phi) is 7.51. The van der Waals surface area contributed by atoms with Gasteiger partial charge in [0.05, 0.1) is 22.3 Å². The highest BCUT2D eigenvalue weighted by molar-refractivity contribution is 6.09. The van der Waals surface area contributed by atoms with Crippen LogP contribution in [0.1, 0.15) is 0 Å². The van der Waals surface area contributed by atoms with E-state index in [0.29, 0.717) is 28.6 Å². The Morgan fingerprint density at radius 2 is 1.24 bits per heavy atom. The summed E-state index contributed by atoms with van der Waals surface area (Å²) in [6.45, 7) is 0. The molecule has 0 unspecified atom stereocenters. The highest BCUT2D eigenvalue weighted by atomic mass is 16.5. The number of ether oxygens (including phenoxy) is 1. The number of imidazole rings is 1. The predicted molar refractivity (Wildman–Crippen MR) is 216 cm³/mol. The summed E-state index contributed by atoms with van der Waals surface area (Å²) in [7, 11) is 0. The quantitative estimate of drug-likeness (QED) is 0.179. The molecule has 0 bridgehead atoms. The lowest BCUT2D eigenvalue weighted by Crippen LogP contribution is -2.00. The zero-order valence-electron chi connectivity index (χ0n) is 28.9. The number of pyridine rings is 1. The van der Waals surface area contributed by atoms with E-state index in [1.54, 1.807) is 12.3 Å². The molecule has 0 aliphatic carbocycles. The topological polar surface area (TPSA) is 73.3 Å². The van der Waals surface area contributed by atoms with E-state index in [4.69, 9.17) is 14.1 Å². The minimum Gasteiger partial charge on any atom is -0.507 e. The number of nitrogens with zero attached hydrogens (tertiary/aromatic N) is 3. The highest BCUT2D eigenvalue weighted by Gasteiger charge is 2.23. The molecular weight excluding hydrogens is 667 g/mol. The van der Waals surface area contributed by atoms with E-state index in [2.05, 4.69) is 88.4 Å². The zero-order chi connectivity index (χ0) is 36.0. The molecule has 0 amide bonds. The summed E-state index contributed by atoms with van der Waals surface area (Å²) >= 11 is 0. The Bertz CT molecular complexity index is 2970. The third-order valence-electron chi connectivity index (χ3n) is 9.86. The number of hydrogen-bond acceptors (Lipinski definition) is 5. The standard InChI is InChI=1S/C48H31N3O3/c52-43-30-45-39(38-28-33(24-25-44(38)54-45)31-13-3-1-4-14-31)29-40(43)48-50-47-37(34-17-11-18-35(27-34)53-46-23-9-10-26-49-46)20-12-22-42(47)51(48)41-21-8-7-19-36(41)32-15-5-2-6-16-32/h1-30,52H. The third-order valence-corrected chi connectivity index (χ3v) is 9.86. The van der Waals surface area contributed by atoms with Gasteiger partial charge in [0.15, 0.2) is 0 Å². The van der Waals surface area contributed by atoms with Crippen molar-refractivity contribution < 1.29 is 14.3 Å². The summed E-state index contributed by atoms with van der Waals surface area (Å²) < 4.78 is 14.6. The largest absolute Gasteiger partial charge is 0.507 e. The monoisotopic (exact) mass is 697 g/mol. The second-order valence-electron chi connectivity index (χ2n) is 13.2. The minimum atomic E-state index is 0.0749. The van der Waals surface area contributed by atoms with Crippen LogP contribution in [-0.4, -0.2) is 19.6 Å². The van der Waals surface area contributed by atoms with Crippen LogP contribution in [0.25, 0.3) is 83.4 Å². The number of benzene rings is 7. The van der Waals surface area contributed by atoms with Crippen LogP contribution in [-0.2, 0) is 0 Å². The van der Waals surface area contributed by atoms with Crippen molar-refractivity contribution >= 4 is 33.0 Å². The zero-order valence-corrected chi connectivity index (χ0v) is 28.9. The van der Waals surface area contributed by atoms with Gasteiger partial charge in [-0.15, -0.1) is 0 Å². The van der Waals surface area contributed by atoms with Gasteiger partial charge in [-0.3, -0.25) is 4.57 Å². The van der Waals surface area contributed by atoms with E-state index in [1.807, 2.05) is 91.0 Å². The van der Waals surface area contributed by atoms with Crippen molar-refractivity contribution in [2.75, 3.05) is 0 Å². The first-order valence-corrected chi connectivity index (χ1v) is 17.8. The number of phenols is 1. The summed E-state index contributed by atoms with van der Waals surface area (Å²) in [5.41, 5.74) is 10.8. The highest BCUT2D eigenvalue weighted by Crippen LogP contribution is 2.43. The SMILES string of the molecule is Oc1cc2oc3ccc(-c4ccccc4)cc3c2cc1-c1nc2c(-c3cccc(Oc4ccccn4)c3)cccc2n1-c1ccccc1-c1ccccc1. The summed E-state index contributed by atoms with van der Waals surface area (Å²) in [6.07, 6.45) is 1.71. The van der Waals surface area contributed by atoms with Gasteiger partial charge in [-0.2, -0.15) is 0 Å². The minimum absolute atomic E-state index is 0.0749. The maximum atomic E-state index is 11.8. The van der Waals surface area contributed by atoms with E-state index in [-0.39, 0.29) is 5.75 Å². The molecule has 0 radical (unpaired) electrons. The van der Waals surface area contributed by atoms with Gasteiger partial charge in [-0.05, 0) is 70.8 Å². The summed E-state index contributed by atoms with van der Waals surface area (Å²) in [6, 6.07) is 58.7. The predicted octanol–water partition coefficient (Wildman–Crippen LogP) is 12.5. The fourth-order valence-electron chi connectivity index (χ4n) is 7.34. The first-order valence-electron chi connectivity index (χ1n) is 17.8. The van der Waals surface area contributed by atoms with Crippen molar-refractivity contribution in [2.24, 2.45) is 0 Å². The van der Waals surface area contributed by atoms with E-state index in [9.17, 15) is 5.11 Å². The maximum Gasteiger partial charge on any atom is 0.219 e. The second kappa shape index (κ2) is 13.0. The number of aromatic nitrogens is 3. The van der Waals surface area contributed by atoms with Crippen LogP contribution in [0.2, 0.25) is 0 Å². The third kappa shape index (κ3) is 5.45. The van der Waals surface area contributed by atoms with Crippen molar-refractivity contribution in [1.29, 1.82) is 0 Å². The first kappa shape index (κ1) is 31.3. The Morgan fingerprint density at radius 1 is 0.519 bits per heavy atom. The molecule has 6 heteroatoms. The second-order valence-corrected chi connectivity index (χ2v) is 13.2. The molecule has 0 aliphatic rings. The average molecular weight is 698 g/mol. The normalized spacial score (nSPS) is 11.4. The Balaban J connectivity index is 1.21. The number of hydrogen-bond donors (Lipinski definition) is 1. The Morgan fingerprint density at radius 3 is 2.07 bits per heavy atom. The molecule has 0 aliphatic heterocycles. The van der Waals surface area contributed by atoms with E-state index in [0.717, 1.165) is 66.5 Å². The number of furan rings is 1. The molecule has 10 aromatic rings. The molecule has 1 N–H and O–H groups in total. The van der Waals surface area contributed by atoms with Crippen molar-refractivity contribution in [3.05, 3.63) is 182 Å². The lowest BCUT2D eigenvalue weighted by atomic mass is 10.0. The van der Waals surface area contributed by atoms with Crippen LogP contribution in [0.3, 0.4) is 0 Å². The Hall–Kier alpha value is -7.44. The molecule has 0 saturated carbocycles. The van der Waals surface area contributed by atoms with Gasteiger partial charge in [-0.25, -0.2) is 9.97 Å². The van der Waals surface area contributed by atoms with Crippen molar-refractivity contribution in [3.8, 4) is 67.8 Å². The Labute approximate surface area is 310 Å². The van der Waals surface area contributed by atoms with E-state index < -0.39 is 0 Å². The molecule has 54 heavy (non-hydrogen) atoms. The smallest absolute Gasteiger partial charge is 0.219 e. The lowest BCUT2D eigenvalue weighted by molar-refractivity contribution is 0.463. The van der Waals surface area contributed by atoms with Gasteiger partial charge in [0, 0.05) is 40.2 Å². The fraction of sp³-hybridized carbons (Fsp3) is 0. The molecule has 6 nitrogen and oxygen atoms in total. The first-order chi connectivity index (χ1) is 26.7. The summed E-state index contributed by atoms with van der Waals surface area (Å²) in [5.74, 6) is 1.87. The fourth-order valence-corrected chi connectivity index (χ4v) is 7.34. The maximum absolute atomic E-state index is 11.8. The molecule has 7 aromatic carbocycles. The molecule has 0 fully saturated rings. The van der Waals surface area contributed by atoms with Gasteiger partial charge >= 0.3 is 0 Å². The van der Waals surface area contributed by atoms with Crippen LogP contribution in [0, 0.1) is 0 Å². The number of phenolic OH excluding ortho intramolecular Hbond substituents is 1. The molecule has 0 atom stereocenters. The number of rotatable bonds is 7. The lowest BCUT2D eigenvalue weighted by Gasteiger charge is -2.15. The van der Waals surface area contributed by atoms with Gasteiger partial charge in [0.25, 0.3) is 0 Å². The van der Waals surface area contributed by atoms with Crippen LogP contribution in [0.15, 0.2) is 187 Å². The summed E-state index contributed by atoms with van der Waals surface area (Å²) in [4.78, 5) is 9.74. The van der Waals surface area contributed by atoms with E-state index >= 15 is 0 Å². The van der Waals surface area contributed by atoms with Crippen LogP contribution >= 0.6 is 0 Å². The van der Waals surface area contributed by atoms with Crippen molar-refractivity contribution in [3.63, 3.8) is 0 Å². The average Bonchev–Trinajstić information content (AvgIpc) is 3.79. The van der Waals surface area contributed by atoms with Gasteiger partial charge in [0.1, 0.15) is 28.5 Å². The molecular formula is C48H31N3O3. The van der Waals surface area contributed by atoms with Crippen molar-refractivity contribution in [2.45, 2.75) is 0 Å². The number of fused-ring (bicyclic) bond motifs is 4. The molecule has 3 heterocycles. The molecule has 3 aromatic heterocycles. The van der Waals surface area contributed by atoms with Crippen LogP contribution < -0.4 is 4.74 Å². The molecule has 0 saturated heterocycles. The molecule has 0 spiro atoms.